The summed E-state index contributed by atoms with van der Waals surface area (Å²) in [5.41, 5.74) is 0. The number of halogens is 6. The van der Waals surface area contributed by atoms with Gasteiger partial charge in [0.25, 0.3) is 18.5 Å². The second-order valence-corrected chi connectivity index (χ2v) is 18.2. The van der Waals surface area contributed by atoms with Gasteiger partial charge in [0.1, 0.15) is 5.25 Å². The van der Waals surface area contributed by atoms with Crippen LogP contribution in [0.4, 0.5) is 19.4 Å². The third-order valence-electron chi connectivity index (χ3n) is 6.91. The van der Waals surface area contributed by atoms with E-state index < -0.39 is 58.6 Å². The van der Waals surface area contributed by atoms with Crippen LogP contribution in [0.15, 0.2) is 73.0 Å². The van der Waals surface area contributed by atoms with E-state index in [0.29, 0.717) is 0 Å². The molecule has 0 N–H and O–H groups in total. The molecule has 12 heteroatoms. The Kier molecular flexibility index (Phi) is 8.38. The van der Waals surface area contributed by atoms with Crippen LogP contribution in [-0.4, -0.2) is 44.2 Å². The van der Waals surface area contributed by atoms with E-state index in [2.05, 4.69) is 4.74 Å². The topological polar surface area (TPSA) is 44.8 Å². The van der Waals surface area contributed by atoms with Crippen molar-refractivity contribution >= 4 is 46.5 Å². The minimum absolute atomic E-state index is 0.0915. The molecule has 3 atom stereocenters. The van der Waals surface area contributed by atoms with E-state index in [9.17, 15) is 24.2 Å². The van der Waals surface area contributed by atoms with Crippen molar-refractivity contribution in [2.24, 2.45) is 5.92 Å². The van der Waals surface area contributed by atoms with E-state index in [0.717, 1.165) is 22.7 Å². The first-order valence-electron chi connectivity index (χ1n) is 12.5. The molecule has 3 rings (SSSR count). The second kappa shape index (κ2) is 10.4. The number of benzene rings is 2. The van der Waals surface area contributed by atoms with E-state index in [1.54, 1.807) is 6.92 Å². The van der Waals surface area contributed by atoms with E-state index in [1.165, 1.54) is 0 Å². The molecule has 0 bridgehead atoms. The molecular weight excluding hydrogens is 579 g/mol. The molecule has 4 nitrogen and oxygen atoms in total. The van der Waals surface area contributed by atoms with E-state index >= 15 is 0 Å². The highest BCUT2D eigenvalue weighted by Gasteiger charge is 2.88. The Bertz CT molecular complexity index is 1140. The maximum Gasteiger partial charge on any atom is 0.333 e. The maximum atomic E-state index is 14.0. The number of esters is 1. The molecular formula is C27H34ClF5O4SSi. The monoisotopic (exact) mass is 612 g/mol. The molecule has 0 amide bonds. The summed E-state index contributed by atoms with van der Waals surface area (Å²) in [6.45, 7) is 6.65. The molecule has 1 saturated carbocycles. The highest BCUT2D eigenvalue weighted by atomic mass is 35.5. The van der Waals surface area contributed by atoms with E-state index in [-0.39, 0.29) is 13.2 Å². The summed E-state index contributed by atoms with van der Waals surface area (Å²) in [6.07, 6.45) is 1.22. The van der Waals surface area contributed by atoms with Crippen molar-refractivity contribution in [2.75, 3.05) is 19.8 Å². The lowest BCUT2D eigenvalue weighted by molar-refractivity contribution is -0.137. The molecule has 0 aromatic heterocycles. The Balaban J connectivity index is 1.88. The van der Waals surface area contributed by atoms with Gasteiger partial charge in [-0.3, -0.25) is 0 Å². The SMILES string of the molecule is CCOC(=O)/C=C/OC[C@@H]1[C@@H](S(F)(F)(F)(F)F)[C@@]1(Cl)CCO[Si](c1ccccc1)(c1ccccc1)C(C)(C)C. The minimum Gasteiger partial charge on any atom is -0.501 e. The van der Waals surface area contributed by atoms with Crippen molar-refractivity contribution in [2.45, 2.75) is 49.3 Å². The zero-order chi connectivity index (χ0) is 29.2. The number of alkyl halides is 1. The van der Waals surface area contributed by atoms with Gasteiger partial charge in [-0.1, -0.05) is 101 Å². The van der Waals surface area contributed by atoms with Crippen LogP contribution < -0.4 is 10.4 Å². The molecule has 1 aliphatic rings. The van der Waals surface area contributed by atoms with Crippen molar-refractivity contribution < 1.29 is 38.1 Å². The highest BCUT2D eigenvalue weighted by Crippen LogP contribution is 3.06. The van der Waals surface area contributed by atoms with Gasteiger partial charge in [-0.25, -0.2) is 4.79 Å². The molecule has 218 valence electrons. The molecule has 2 aromatic carbocycles. The third kappa shape index (κ3) is 6.98. The molecule has 0 aliphatic heterocycles. The summed E-state index contributed by atoms with van der Waals surface area (Å²) in [7, 11) is -13.1. The molecule has 0 unspecified atom stereocenters. The smallest absolute Gasteiger partial charge is 0.333 e. The summed E-state index contributed by atoms with van der Waals surface area (Å²) in [5.74, 6) is -2.49. The lowest BCUT2D eigenvalue weighted by Gasteiger charge is -2.44. The summed E-state index contributed by atoms with van der Waals surface area (Å²) in [5, 5.41) is -1.70. The van der Waals surface area contributed by atoms with Crippen LogP contribution in [0, 0.1) is 5.92 Å². The van der Waals surface area contributed by atoms with Gasteiger partial charge < -0.3 is 13.9 Å². The fraction of sp³-hybridized carbons (Fsp3) is 0.444. The van der Waals surface area contributed by atoms with Crippen LogP contribution in [0.25, 0.3) is 0 Å². The lowest BCUT2D eigenvalue weighted by Crippen LogP contribution is -2.66. The van der Waals surface area contributed by atoms with E-state index in [4.69, 9.17) is 20.8 Å². The zero-order valence-corrected chi connectivity index (χ0v) is 24.8. The molecule has 2 aromatic rings. The average Bonchev–Trinajstić information content (AvgIpc) is 3.45. The van der Waals surface area contributed by atoms with Crippen molar-refractivity contribution in [1.29, 1.82) is 0 Å². The fourth-order valence-electron chi connectivity index (χ4n) is 5.26. The van der Waals surface area contributed by atoms with Crippen molar-refractivity contribution in [3.63, 3.8) is 0 Å². The van der Waals surface area contributed by atoms with Gasteiger partial charge in [-0.15, -0.1) is 11.6 Å². The van der Waals surface area contributed by atoms with Crippen LogP contribution in [0.2, 0.25) is 5.04 Å². The molecule has 39 heavy (non-hydrogen) atoms. The number of carbonyl (C=O) groups excluding carboxylic acids is 1. The van der Waals surface area contributed by atoms with Gasteiger partial charge >= 0.3 is 5.97 Å². The van der Waals surface area contributed by atoms with Crippen molar-refractivity contribution in [1.82, 2.24) is 0 Å². The Labute approximate surface area is 232 Å². The number of rotatable bonds is 12. The van der Waals surface area contributed by atoms with Gasteiger partial charge in [-0.2, -0.15) is 0 Å². The number of carbonyl (C=O) groups is 1. The van der Waals surface area contributed by atoms with Gasteiger partial charge in [0.05, 0.1) is 30.4 Å². The van der Waals surface area contributed by atoms with Crippen LogP contribution in [0.3, 0.4) is 0 Å². The molecule has 1 aliphatic carbocycles. The number of hydrogen-bond acceptors (Lipinski definition) is 4. The normalized spacial score (nSPS) is 23.6. The number of ether oxygens (including phenoxy) is 2. The Morgan fingerprint density at radius 3 is 1.95 bits per heavy atom. The van der Waals surface area contributed by atoms with Gasteiger partial charge in [0.15, 0.2) is 0 Å². The van der Waals surface area contributed by atoms with Crippen LogP contribution in [0.5, 0.6) is 0 Å². The first-order valence-corrected chi connectivity index (χ1v) is 16.8. The summed E-state index contributed by atoms with van der Waals surface area (Å²) >= 11 is 6.34. The largest absolute Gasteiger partial charge is 0.501 e. The van der Waals surface area contributed by atoms with Gasteiger partial charge in [-0.05, 0) is 28.8 Å². The van der Waals surface area contributed by atoms with Crippen molar-refractivity contribution in [3.8, 4) is 0 Å². The minimum atomic E-state index is -9.98. The predicted molar refractivity (Wildman–Crippen MR) is 149 cm³/mol. The standard InChI is InChI=1S/C27H34ClF5O4SSi/c1-5-36-24(34)16-18-35-20-23-25(38(29,30,31,32)33)27(23,28)17-19-37-39(26(2,3)4,21-12-8-6-9-13-21)22-14-10-7-11-15-22/h6-16,18,23,25H,5,17,19-20H2,1-4H3/b18-16+/t23-,25-,27-/m1/s1. The van der Waals surface area contributed by atoms with Crippen LogP contribution in [0.1, 0.15) is 34.1 Å². The zero-order valence-electron chi connectivity index (χ0n) is 22.2. The van der Waals surface area contributed by atoms with Crippen LogP contribution in [-0.2, 0) is 18.7 Å². The third-order valence-corrected chi connectivity index (χ3v) is 14.5. The number of hydrogen-bond donors (Lipinski definition) is 0. The summed E-state index contributed by atoms with van der Waals surface area (Å²) < 4.78 is 86.3. The molecule has 0 heterocycles. The fourth-order valence-corrected chi connectivity index (χ4v) is 12.7. The Hall–Kier alpha value is -2.08. The first kappa shape index (κ1) is 31.4. The van der Waals surface area contributed by atoms with Gasteiger partial charge in [0, 0.05) is 12.5 Å². The van der Waals surface area contributed by atoms with Crippen molar-refractivity contribution in [3.05, 3.63) is 73.0 Å². The summed E-state index contributed by atoms with van der Waals surface area (Å²) in [4.78, 5) is 9.07. The Morgan fingerprint density at radius 2 is 1.51 bits per heavy atom. The molecule has 1 fully saturated rings. The lowest BCUT2D eigenvalue weighted by atomic mass is 10.2. The van der Waals surface area contributed by atoms with E-state index in [1.807, 2.05) is 81.4 Å². The van der Waals surface area contributed by atoms with Crippen LogP contribution >= 0.6 is 21.8 Å². The van der Waals surface area contributed by atoms with Gasteiger partial charge in [0.2, 0.25) is 0 Å². The quantitative estimate of drug-likeness (QED) is 0.0629. The first-order chi connectivity index (χ1) is 17.9. The second-order valence-electron chi connectivity index (χ2n) is 10.6. The highest BCUT2D eigenvalue weighted by molar-refractivity contribution is 8.46. The maximum absolute atomic E-state index is 14.0. The predicted octanol–water partition coefficient (Wildman–Crippen LogP) is 7.32. The Morgan fingerprint density at radius 1 is 1.00 bits per heavy atom. The molecule has 0 radical (unpaired) electrons. The molecule has 0 spiro atoms. The molecule has 0 saturated heterocycles. The average molecular weight is 613 g/mol. The summed E-state index contributed by atoms with van der Waals surface area (Å²) in [6, 6.07) is 18.8.